The SMILES string of the molecule is CC(Cl)C[PH](=O)O. The van der Waals surface area contributed by atoms with Crippen molar-refractivity contribution in [3.05, 3.63) is 0 Å². The van der Waals surface area contributed by atoms with Crippen molar-refractivity contribution < 1.29 is 9.46 Å². The van der Waals surface area contributed by atoms with Crippen LogP contribution in [-0.2, 0) is 4.57 Å². The molecule has 0 aromatic heterocycles. The predicted octanol–water partition coefficient (Wildman–Crippen LogP) is 1.08. The van der Waals surface area contributed by atoms with Crippen LogP contribution in [0.4, 0.5) is 0 Å². The van der Waals surface area contributed by atoms with Gasteiger partial charge in [-0.25, -0.2) is 0 Å². The molecule has 2 nitrogen and oxygen atoms in total. The zero-order valence-electron chi connectivity index (χ0n) is 4.02. The third-order valence-electron chi connectivity index (χ3n) is 0.456. The lowest BCUT2D eigenvalue weighted by atomic mass is 10.6. The van der Waals surface area contributed by atoms with Crippen LogP contribution in [0.5, 0.6) is 0 Å². The number of hydrogen-bond acceptors (Lipinski definition) is 1. The molecule has 0 aromatic rings. The molecular formula is C3H8ClO2P. The molecule has 0 radical (unpaired) electrons. The van der Waals surface area contributed by atoms with Crippen LogP contribution in [0.25, 0.3) is 0 Å². The van der Waals surface area contributed by atoms with Crippen LogP contribution in [0.15, 0.2) is 0 Å². The lowest BCUT2D eigenvalue weighted by molar-refractivity contribution is 0.502. The van der Waals surface area contributed by atoms with Crippen molar-refractivity contribution in [1.82, 2.24) is 0 Å². The Morgan fingerprint density at radius 2 is 2.43 bits per heavy atom. The summed E-state index contributed by atoms with van der Waals surface area (Å²) in [6, 6.07) is 0. The lowest BCUT2D eigenvalue weighted by Crippen LogP contribution is -1.92. The monoisotopic (exact) mass is 142 g/mol. The number of halogens is 1. The summed E-state index contributed by atoms with van der Waals surface area (Å²) in [5, 5.41) is -0.170. The summed E-state index contributed by atoms with van der Waals surface area (Å²) in [7, 11) is -2.32. The van der Waals surface area contributed by atoms with E-state index in [0.29, 0.717) is 0 Å². The van der Waals surface area contributed by atoms with Crippen molar-refractivity contribution in [1.29, 1.82) is 0 Å². The number of alkyl halides is 1. The third-order valence-corrected chi connectivity index (χ3v) is 1.83. The van der Waals surface area contributed by atoms with Gasteiger partial charge in [0, 0.05) is 11.5 Å². The smallest absolute Gasteiger partial charge is 0.190 e. The van der Waals surface area contributed by atoms with Crippen molar-refractivity contribution in [3.8, 4) is 0 Å². The summed E-state index contributed by atoms with van der Waals surface area (Å²) in [6.45, 7) is 1.69. The fourth-order valence-corrected chi connectivity index (χ4v) is 1.12. The van der Waals surface area contributed by atoms with E-state index in [1.54, 1.807) is 6.92 Å². The third kappa shape index (κ3) is 6.48. The van der Waals surface area contributed by atoms with Gasteiger partial charge in [-0.3, -0.25) is 4.57 Å². The maximum absolute atomic E-state index is 9.91. The summed E-state index contributed by atoms with van der Waals surface area (Å²) in [5.41, 5.74) is 0. The van der Waals surface area contributed by atoms with Crippen molar-refractivity contribution in [2.75, 3.05) is 6.16 Å². The topological polar surface area (TPSA) is 37.3 Å². The molecule has 0 spiro atoms. The van der Waals surface area contributed by atoms with E-state index in [-0.39, 0.29) is 11.5 Å². The van der Waals surface area contributed by atoms with Gasteiger partial charge in [-0.05, 0) is 6.92 Å². The average Bonchev–Trinajstić information content (AvgIpc) is 1.27. The van der Waals surface area contributed by atoms with Gasteiger partial charge in [0.2, 0.25) is 0 Å². The van der Waals surface area contributed by atoms with E-state index in [1.807, 2.05) is 0 Å². The Kier molecular flexibility index (Phi) is 3.72. The van der Waals surface area contributed by atoms with Crippen molar-refractivity contribution in [2.24, 2.45) is 0 Å². The highest BCUT2D eigenvalue weighted by Gasteiger charge is 1.97. The van der Waals surface area contributed by atoms with Crippen LogP contribution in [0.2, 0.25) is 0 Å². The van der Waals surface area contributed by atoms with E-state index in [0.717, 1.165) is 0 Å². The molecule has 0 rings (SSSR count). The van der Waals surface area contributed by atoms with Gasteiger partial charge in [-0.2, -0.15) is 0 Å². The van der Waals surface area contributed by atoms with Gasteiger partial charge < -0.3 is 4.89 Å². The largest absolute Gasteiger partial charge is 0.346 e. The summed E-state index contributed by atoms with van der Waals surface area (Å²) in [6.07, 6.45) is 0.228. The molecule has 2 unspecified atom stereocenters. The standard InChI is InChI=1S/C3H8ClO2P/c1-3(4)2-7(5)6/h3,7H,2H2,1H3,(H,5,6). The van der Waals surface area contributed by atoms with E-state index >= 15 is 0 Å². The van der Waals surface area contributed by atoms with Crippen molar-refractivity contribution in [3.63, 3.8) is 0 Å². The second-order valence-corrected chi connectivity index (χ2v) is 3.32. The summed E-state index contributed by atoms with van der Waals surface area (Å²) in [5.74, 6) is 0. The van der Waals surface area contributed by atoms with Crippen LogP contribution < -0.4 is 0 Å². The van der Waals surface area contributed by atoms with Crippen LogP contribution in [0.1, 0.15) is 6.92 Å². The first-order valence-corrected chi connectivity index (χ1v) is 3.98. The zero-order chi connectivity index (χ0) is 5.86. The van der Waals surface area contributed by atoms with Gasteiger partial charge in [0.25, 0.3) is 0 Å². The van der Waals surface area contributed by atoms with E-state index in [4.69, 9.17) is 16.5 Å². The second-order valence-electron chi connectivity index (χ2n) is 1.38. The number of rotatable bonds is 2. The minimum atomic E-state index is -2.32. The molecule has 0 saturated carbocycles. The highest BCUT2D eigenvalue weighted by Crippen LogP contribution is 2.16. The Labute approximate surface area is 48.4 Å². The maximum Gasteiger partial charge on any atom is 0.190 e. The van der Waals surface area contributed by atoms with E-state index in [2.05, 4.69) is 0 Å². The molecule has 0 heterocycles. The fraction of sp³-hybridized carbons (Fsp3) is 1.00. The number of hydrogen-bond donors (Lipinski definition) is 1. The molecule has 4 heteroatoms. The molecule has 44 valence electrons. The Balaban J connectivity index is 3.13. The average molecular weight is 143 g/mol. The van der Waals surface area contributed by atoms with E-state index in [9.17, 15) is 4.57 Å². The summed E-state index contributed by atoms with van der Waals surface area (Å²) in [4.78, 5) is 8.18. The maximum atomic E-state index is 9.91. The van der Waals surface area contributed by atoms with Crippen LogP contribution in [0.3, 0.4) is 0 Å². The van der Waals surface area contributed by atoms with E-state index in [1.165, 1.54) is 0 Å². The molecule has 0 aliphatic carbocycles. The molecule has 0 fully saturated rings. The summed E-state index contributed by atoms with van der Waals surface area (Å²) >= 11 is 5.34. The highest BCUT2D eigenvalue weighted by molar-refractivity contribution is 7.38. The molecule has 7 heavy (non-hydrogen) atoms. The quantitative estimate of drug-likeness (QED) is 0.463. The molecule has 0 aromatic carbocycles. The zero-order valence-corrected chi connectivity index (χ0v) is 5.77. The van der Waals surface area contributed by atoms with Gasteiger partial charge in [-0.15, -0.1) is 11.6 Å². The first kappa shape index (κ1) is 7.48. The highest BCUT2D eigenvalue weighted by atomic mass is 35.5. The van der Waals surface area contributed by atoms with Crippen LogP contribution >= 0.6 is 19.6 Å². The molecule has 0 aliphatic heterocycles. The lowest BCUT2D eigenvalue weighted by Gasteiger charge is -1.93. The van der Waals surface area contributed by atoms with Crippen LogP contribution in [-0.4, -0.2) is 16.4 Å². The predicted molar refractivity (Wildman–Crippen MR) is 31.4 cm³/mol. The van der Waals surface area contributed by atoms with Gasteiger partial charge in [0.15, 0.2) is 8.03 Å². The first-order chi connectivity index (χ1) is 3.13. The van der Waals surface area contributed by atoms with Crippen molar-refractivity contribution >= 4 is 19.6 Å². The van der Waals surface area contributed by atoms with Crippen LogP contribution in [0, 0.1) is 0 Å². The first-order valence-electron chi connectivity index (χ1n) is 1.99. The van der Waals surface area contributed by atoms with Gasteiger partial charge in [0.05, 0.1) is 0 Å². The van der Waals surface area contributed by atoms with E-state index < -0.39 is 8.03 Å². The molecular weight excluding hydrogens is 134 g/mol. The van der Waals surface area contributed by atoms with Gasteiger partial charge in [0.1, 0.15) is 0 Å². The summed E-state index contributed by atoms with van der Waals surface area (Å²) < 4.78 is 9.91. The Bertz CT molecular complexity index is 73.3. The normalized spacial score (nSPS) is 18.7. The Morgan fingerprint density at radius 3 is 2.43 bits per heavy atom. The fourth-order valence-electron chi connectivity index (χ4n) is 0.241. The van der Waals surface area contributed by atoms with Crippen molar-refractivity contribution in [2.45, 2.75) is 12.3 Å². The minimum Gasteiger partial charge on any atom is -0.346 e. The molecule has 0 amide bonds. The van der Waals surface area contributed by atoms with Gasteiger partial charge in [-0.1, -0.05) is 0 Å². The molecule has 0 aliphatic rings. The molecule has 0 bridgehead atoms. The second kappa shape index (κ2) is 3.48. The van der Waals surface area contributed by atoms with Gasteiger partial charge >= 0.3 is 0 Å². The molecule has 1 N–H and O–H groups in total. The molecule has 0 saturated heterocycles. The Hall–Kier alpha value is 0.480. The molecule has 2 atom stereocenters. The Morgan fingerprint density at radius 1 is 2.00 bits per heavy atom. The minimum absolute atomic E-state index is 0.170.